The summed E-state index contributed by atoms with van der Waals surface area (Å²) in [5.41, 5.74) is 13.9. The maximum absolute atomic E-state index is 12.3. The Hall–Kier alpha value is -6.26. The summed E-state index contributed by atoms with van der Waals surface area (Å²) in [5.74, 6) is 1.59. The van der Waals surface area contributed by atoms with E-state index in [1.54, 1.807) is 24.3 Å². The van der Waals surface area contributed by atoms with E-state index in [0.717, 1.165) is 54.7 Å². The molecule has 6 nitrogen and oxygen atoms in total. The third-order valence-electron chi connectivity index (χ3n) is 16.4. The Morgan fingerprint density at radius 2 is 0.670 bits per heavy atom. The van der Waals surface area contributed by atoms with E-state index in [4.69, 9.17) is 55.9 Å². The molecule has 4 aromatic heterocycles. The molecule has 12 aromatic rings. The van der Waals surface area contributed by atoms with Crippen LogP contribution in [-0.2, 0) is 47.9 Å². The predicted octanol–water partition coefficient (Wildman–Crippen LogP) is 24.3. The maximum atomic E-state index is 12.3. The second-order valence-electron chi connectivity index (χ2n) is 27.2. The number of hydrogen-bond acceptors (Lipinski definition) is 4. The number of halogens is 4. The summed E-state index contributed by atoms with van der Waals surface area (Å²) in [6, 6.07) is 53.6. The zero-order valence-corrected chi connectivity index (χ0v) is 61.0. The van der Waals surface area contributed by atoms with E-state index >= 15 is 0 Å². The Balaban J connectivity index is 0.000000577. The van der Waals surface area contributed by atoms with Gasteiger partial charge in [0.25, 0.3) is 11.5 Å². The number of unbranched alkanes of at least 4 members (excludes halogenated alkanes) is 1. The summed E-state index contributed by atoms with van der Waals surface area (Å²) >= 11 is 29.7. The molecule has 0 radical (unpaired) electrons. The molecule has 91 heavy (non-hydrogen) atoms. The van der Waals surface area contributed by atoms with E-state index < -0.39 is 0 Å². The van der Waals surface area contributed by atoms with Crippen molar-refractivity contribution in [2.24, 2.45) is 0 Å². The zero-order valence-electron chi connectivity index (χ0n) is 53.9. The van der Waals surface area contributed by atoms with Crippen LogP contribution in [0.15, 0.2) is 168 Å². The van der Waals surface area contributed by atoms with Gasteiger partial charge in [0.05, 0.1) is 86.5 Å². The van der Waals surface area contributed by atoms with Gasteiger partial charge in [0.2, 0.25) is 0 Å². The van der Waals surface area contributed by atoms with Crippen molar-refractivity contribution in [3.05, 3.63) is 236 Å². The van der Waals surface area contributed by atoms with Crippen LogP contribution in [0.5, 0.6) is 23.0 Å². The first-order chi connectivity index (χ1) is 42.5. The molecule has 13 heteroatoms. The Labute approximate surface area is 584 Å². The largest absolute Gasteiger partial charge is 0.582 e. The van der Waals surface area contributed by atoms with Crippen LogP contribution in [0.4, 0.5) is 0 Å². The Bertz CT molecular complexity index is 4140. The number of aromatic hydroxyl groups is 4. The minimum atomic E-state index is -0.0366. The number of benzene rings is 8. The Morgan fingerprint density at radius 3 is 0.923 bits per heavy atom. The van der Waals surface area contributed by atoms with Gasteiger partial charge in [0.15, 0.2) is 24.7 Å². The van der Waals surface area contributed by atoms with Crippen molar-refractivity contribution in [3.63, 3.8) is 0 Å². The Kier molecular flexibility index (Phi) is 21.1. The molecular formula is C78H80Cl4N2O4S2Zr. The molecule has 470 valence electrons. The summed E-state index contributed by atoms with van der Waals surface area (Å²) in [7, 11) is 0. The van der Waals surface area contributed by atoms with E-state index in [2.05, 4.69) is 179 Å². The van der Waals surface area contributed by atoms with Gasteiger partial charge >= 0.3 is 0 Å². The van der Waals surface area contributed by atoms with Crippen LogP contribution in [0.25, 0.3) is 75.9 Å². The third-order valence-corrected chi connectivity index (χ3v) is 19.8. The quantitative estimate of drug-likeness (QED) is 0.0769. The Morgan fingerprint density at radius 1 is 0.396 bits per heavy atom. The average Bonchev–Trinajstić information content (AvgIpc) is 1.59. The molecule has 0 aliphatic heterocycles. The first-order valence-electron chi connectivity index (χ1n) is 30.4. The molecule has 0 aliphatic rings. The van der Waals surface area contributed by atoms with E-state index in [0.29, 0.717) is 89.9 Å². The van der Waals surface area contributed by atoms with Crippen LogP contribution in [0.1, 0.15) is 129 Å². The second-order valence-corrected chi connectivity index (χ2v) is 30.6. The van der Waals surface area contributed by atoms with Crippen molar-refractivity contribution in [2.45, 2.75) is 118 Å². The first-order valence-corrected chi connectivity index (χ1v) is 33.6. The number of aliphatic hydroxyl groups is 2. The van der Waals surface area contributed by atoms with Crippen LogP contribution >= 0.6 is 69.1 Å². The van der Waals surface area contributed by atoms with E-state index in [1.807, 2.05) is 71.4 Å². The fourth-order valence-corrected chi connectivity index (χ4v) is 13.6. The van der Waals surface area contributed by atoms with Crippen molar-refractivity contribution >= 4 is 113 Å². The molecule has 0 unspecified atom stereocenters. The molecule has 0 saturated carbocycles. The molecule has 0 spiro atoms. The second kappa shape index (κ2) is 27.7. The van der Waals surface area contributed by atoms with Crippen molar-refractivity contribution in [1.29, 1.82) is 0 Å². The first kappa shape index (κ1) is 69.1. The summed E-state index contributed by atoms with van der Waals surface area (Å²) in [4.78, 5) is 1.31. The number of hydrogen-bond donors (Lipinski definition) is 2. The minimum Gasteiger partial charge on any atom is -0.582 e. The summed E-state index contributed by atoms with van der Waals surface area (Å²) < 4.78 is 14.4. The topological polar surface area (TPSA) is 75.9 Å². The van der Waals surface area contributed by atoms with Gasteiger partial charge in [-0.05, 0) is 105 Å². The molecule has 0 aliphatic carbocycles. The molecule has 4 N–H and O–H groups in total. The fourth-order valence-electron chi connectivity index (χ4n) is 11.1. The van der Waals surface area contributed by atoms with Gasteiger partial charge in [-0.2, -0.15) is 49.2 Å². The number of aromatic nitrogens is 2. The summed E-state index contributed by atoms with van der Waals surface area (Å²) in [6.45, 7) is 35.2. The number of nitrogens with zero attached hydrogens (tertiary/aromatic N) is 2. The number of ether oxygens (including phenoxy) is 2. The van der Waals surface area contributed by atoms with E-state index in [1.165, 1.54) is 44.9 Å². The molecule has 0 bridgehead atoms. The van der Waals surface area contributed by atoms with Gasteiger partial charge in [0.1, 0.15) is 0 Å². The van der Waals surface area contributed by atoms with Crippen LogP contribution in [0, 0.1) is 13.8 Å². The van der Waals surface area contributed by atoms with Crippen molar-refractivity contribution in [2.75, 3.05) is 13.2 Å². The van der Waals surface area contributed by atoms with Crippen LogP contribution in [-0.4, -0.2) is 42.0 Å². The van der Waals surface area contributed by atoms with Crippen molar-refractivity contribution < 1.29 is 45.9 Å². The summed E-state index contributed by atoms with van der Waals surface area (Å²) in [5, 5.41) is 34.7. The number of thiophene rings is 2. The van der Waals surface area contributed by atoms with Gasteiger partial charge in [-0.3, -0.25) is 0 Å². The standard InChI is InChI=1S/C64H64Cl4N2O4S2.2C7H7.Zr/c1-61(2,3)35-15-19-49-39(25-35)40-26-36(62(4,5)6)16-20-50(40)69(49)53-33-75-59(57(53)71)43-29-45(65)47(67)31-55(43)73-23-13-14-24-74-56-32-48(68)46(66)30-44(56)60-58(72)54(34-76-60)70-51-21-17-37(63(7,8)9)27-41(51)42-28-38(64(10,11)12)18-22-52(42)70;2*1-7-5-3-2-4-6-7;/h15-22,25-34,71-72H,13-14,23-24H2,1-12H3;2*2-6H,1H2;/q;2*-1;/p+2. The molecule has 12 rings (SSSR count). The predicted molar refractivity (Wildman–Crippen MR) is 390 cm³/mol. The van der Waals surface area contributed by atoms with Crippen molar-refractivity contribution in [1.82, 2.24) is 9.13 Å². The number of rotatable bonds is 11. The SMILES string of the molecule is CC(C)(C)c1ccc2c(c1)c1cc(C(C)(C)C)ccc1n2-c1csc(-c2cc(Cl)c(Cl)cc2[OH+]CCCC[OH+]c2cc(Cl)c(Cl)cc2-c2scc(-n3c4ccc(C(C)(C)C)cc4c4cc(C(C)(C)C)ccc43)c2O)c1O.[CH2-]c1ccccc1.[CH2-]c1ccccc1.[Zr]. The minimum absolute atomic E-state index is 0. The normalized spacial score (nSPS) is 12.0. The molecule has 0 amide bonds. The molecule has 8 aromatic carbocycles. The van der Waals surface area contributed by atoms with Crippen molar-refractivity contribution in [3.8, 4) is 55.3 Å². The maximum Gasteiger partial charge on any atom is 0.265 e. The van der Waals surface area contributed by atoms with Gasteiger partial charge in [0, 0.05) is 71.4 Å². The van der Waals surface area contributed by atoms with Crippen LogP contribution < -0.4 is 0 Å². The van der Waals surface area contributed by atoms with Gasteiger partial charge in [-0.1, -0.05) is 166 Å². The van der Waals surface area contributed by atoms with E-state index in [-0.39, 0.29) is 59.4 Å². The van der Waals surface area contributed by atoms with E-state index in [9.17, 15) is 10.2 Å². The van der Waals surface area contributed by atoms with Crippen LogP contribution in [0.2, 0.25) is 20.1 Å². The molecular weight excluding hydrogens is 1330 g/mol. The molecule has 0 fully saturated rings. The third kappa shape index (κ3) is 15.1. The smallest absolute Gasteiger partial charge is 0.265 e. The molecule has 0 atom stereocenters. The fraction of sp³-hybridized carbons (Fsp3) is 0.256. The zero-order chi connectivity index (χ0) is 64.8. The summed E-state index contributed by atoms with van der Waals surface area (Å²) in [6.07, 6.45) is 1.43. The van der Waals surface area contributed by atoms with Gasteiger partial charge in [-0.25, -0.2) is 0 Å². The van der Waals surface area contributed by atoms with Gasteiger partial charge in [-0.15, -0.1) is 46.9 Å². The monoisotopic (exact) mass is 1400 g/mol. The number of fused-ring (bicyclic) bond motifs is 6. The average molecular weight is 1410 g/mol. The molecule has 0 saturated heterocycles. The molecule has 4 heterocycles. The van der Waals surface area contributed by atoms with Gasteiger partial charge < -0.3 is 28.8 Å². The van der Waals surface area contributed by atoms with Crippen LogP contribution in [0.3, 0.4) is 0 Å².